The third kappa shape index (κ3) is 3.63. The lowest BCUT2D eigenvalue weighted by molar-refractivity contribution is -0.111. The molecule has 1 aromatic carbocycles. The van der Waals surface area contributed by atoms with E-state index in [1.807, 2.05) is 13.0 Å². The van der Waals surface area contributed by atoms with E-state index in [9.17, 15) is 9.18 Å². The highest BCUT2D eigenvalue weighted by atomic mass is 35.5. The van der Waals surface area contributed by atoms with E-state index in [-0.39, 0.29) is 17.0 Å². The summed E-state index contributed by atoms with van der Waals surface area (Å²) in [5.74, 6) is 0.0337. The van der Waals surface area contributed by atoms with Gasteiger partial charge in [-0.15, -0.1) is 0 Å². The fourth-order valence-corrected chi connectivity index (χ4v) is 1.58. The average Bonchev–Trinajstić information content (AvgIpc) is 2.18. The molecule has 1 rings (SSSR count). The summed E-state index contributed by atoms with van der Waals surface area (Å²) in [5, 5.41) is -0.319. The summed E-state index contributed by atoms with van der Waals surface area (Å²) in [7, 11) is 0. The van der Waals surface area contributed by atoms with E-state index in [0.29, 0.717) is 18.4 Å². The van der Waals surface area contributed by atoms with Gasteiger partial charge in [0.1, 0.15) is 5.82 Å². The number of carbonyl (C=O) groups is 1. The maximum Gasteiger partial charge on any atom is 0.221 e. The number of hydrogen-bond donors (Lipinski definition) is 0. The van der Waals surface area contributed by atoms with Crippen LogP contribution >= 0.6 is 11.6 Å². The molecule has 0 aliphatic carbocycles. The van der Waals surface area contributed by atoms with E-state index in [1.165, 1.54) is 6.07 Å². The summed E-state index contributed by atoms with van der Waals surface area (Å²) in [6.07, 6.45) is 1.06. The Labute approximate surface area is 94.3 Å². The Morgan fingerprint density at radius 3 is 2.73 bits per heavy atom. The second kappa shape index (κ2) is 5.26. The van der Waals surface area contributed by atoms with Crippen LogP contribution in [0.15, 0.2) is 18.2 Å². The van der Waals surface area contributed by atoms with Gasteiger partial charge in [-0.1, -0.05) is 19.1 Å². The second-order valence-corrected chi connectivity index (χ2v) is 4.23. The Hall–Kier alpha value is -0.890. The first-order chi connectivity index (χ1) is 7.00. The van der Waals surface area contributed by atoms with Crippen molar-refractivity contribution >= 4 is 16.8 Å². The fourth-order valence-electron chi connectivity index (χ4n) is 1.47. The highest BCUT2D eigenvalue weighted by molar-refractivity contribution is 6.63. The van der Waals surface area contributed by atoms with Crippen molar-refractivity contribution < 1.29 is 9.18 Å². The van der Waals surface area contributed by atoms with Crippen molar-refractivity contribution in [2.45, 2.75) is 32.6 Å². The van der Waals surface area contributed by atoms with Crippen LogP contribution in [0.1, 0.15) is 36.8 Å². The second-order valence-electron chi connectivity index (χ2n) is 3.80. The molecule has 82 valence electrons. The van der Waals surface area contributed by atoms with Crippen LogP contribution in [0.5, 0.6) is 0 Å². The van der Waals surface area contributed by atoms with Gasteiger partial charge in [0, 0.05) is 6.42 Å². The molecule has 1 unspecified atom stereocenters. The van der Waals surface area contributed by atoms with Gasteiger partial charge in [0.15, 0.2) is 0 Å². The SMILES string of the molecule is Cc1cc(C(C)CCC(=O)Cl)ccc1F. The number of rotatable bonds is 4. The van der Waals surface area contributed by atoms with Gasteiger partial charge in [-0.05, 0) is 48.1 Å². The van der Waals surface area contributed by atoms with E-state index < -0.39 is 0 Å². The maximum atomic E-state index is 13.0. The lowest BCUT2D eigenvalue weighted by Crippen LogP contribution is -1.98. The van der Waals surface area contributed by atoms with Gasteiger partial charge in [0.05, 0.1) is 0 Å². The molecule has 0 aliphatic heterocycles. The first-order valence-corrected chi connectivity index (χ1v) is 5.33. The van der Waals surface area contributed by atoms with E-state index in [1.54, 1.807) is 13.0 Å². The van der Waals surface area contributed by atoms with Crippen molar-refractivity contribution in [1.29, 1.82) is 0 Å². The van der Waals surface area contributed by atoms with Gasteiger partial charge in [-0.3, -0.25) is 4.79 Å². The molecule has 0 amide bonds. The van der Waals surface area contributed by atoms with Crippen LogP contribution in [0.4, 0.5) is 4.39 Å². The van der Waals surface area contributed by atoms with Gasteiger partial charge in [-0.2, -0.15) is 0 Å². The zero-order chi connectivity index (χ0) is 11.4. The molecule has 0 radical (unpaired) electrons. The third-order valence-electron chi connectivity index (χ3n) is 2.52. The predicted octanol–water partition coefficient (Wildman–Crippen LogP) is 3.78. The monoisotopic (exact) mass is 228 g/mol. The van der Waals surface area contributed by atoms with Crippen LogP contribution in [0.2, 0.25) is 0 Å². The Kier molecular flexibility index (Phi) is 4.28. The van der Waals surface area contributed by atoms with Gasteiger partial charge in [0.25, 0.3) is 0 Å². The van der Waals surface area contributed by atoms with Gasteiger partial charge < -0.3 is 0 Å². The van der Waals surface area contributed by atoms with Crippen molar-refractivity contribution in [3.63, 3.8) is 0 Å². The van der Waals surface area contributed by atoms with Crippen LogP contribution in [0, 0.1) is 12.7 Å². The summed E-state index contributed by atoms with van der Waals surface area (Å²) in [5.41, 5.74) is 1.68. The molecule has 0 saturated heterocycles. The quantitative estimate of drug-likeness (QED) is 0.717. The highest BCUT2D eigenvalue weighted by Gasteiger charge is 2.09. The van der Waals surface area contributed by atoms with Crippen LogP contribution in [-0.2, 0) is 4.79 Å². The third-order valence-corrected chi connectivity index (χ3v) is 2.71. The van der Waals surface area contributed by atoms with Gasteiger partial charge >= 0.3 is 0 Å². The zero-order valence-corrected chi connectivity index (χ0v) is 9.64. The smallest absolute Gasteiger partial charge is 0.221 e. The highest BCUT2D eigenvalue weighted by Crippen LogP contribution is 2.22. The lowest BCUT2D eigenvalue weighted by atomic mass is 9.95. The first kappa shape index (κ1) is 12.2. The summed E-state index contributed by atoms with van der Waals surface area (Å²) < 4.78 is 13.0. The van der Waals surface area contributed by atoms with E-state index >= 15 is 0 Å². The molecular weight excluding hydrogens is 215 g/mol. The number of benzene rings is 1. The summed E-state index contributed by atoms with van der Waals surface area (Å²) in [6.45, 7) is 3.74. The van der Waals surface area contributed by atoms with Gasteiger partial charge in [0.2, 0.25) is 5.24 Å². The molecule has 0 heterocycles. The summed E-state index contributed by atoms with van der Waals surface area (Å²) in [6, 6.07) is 5.04. The Balaban J connectivity index is 2.69. The Morgan fingerprint density at radius 1 is 1.53 bits per heavy atom. The van der Waals surface area contributed by atoms with Crippen LogP contribution in [0.3, 0.4) is 0 Å². The first-order valence-electron chi connectivity index (χ1n) is 4.95. The minimum atomic E-state index is -0.319. The minimum Gasteiger partial charge on any atom is -0.281 e. The fraction of sp³-hybridized carbons (Fsp3) is 0.417. The Bertz CT molecular complexity index is 363. The predicted molar refractivity (Wildman–Crippen MR) is 59.6 cm³/mol. The summed E-state index contributed by atoms with van der Waals surface area (Å²) >= 11 is 5.27. The molecule has 15 heavy (non-hydrogen) atoms. The largest absolute Gasteiger partial charge is 0.281 e. The zero-order valence-electron chi connectivity index (χ0n) is 8.89. The van der Waals surface area contributed by atoms with Crippen molar-refractivity contribution in [3.8, 4) is 0 Å². The molecule has 1 atom stereocenters. The van der Waals surface area contributed by atoms with Crippen LogP contribution < -0.4 is 0 Å². The molecule has 0 saturated carbocycles. The lowest BCUT2D eigenvalue weighted by Gasteiger charge is -2.11. The molecule has 0 aromatic heterocycles. The number of carbonyl (C=O) groups excluding carboxylic acids is 1. The Morgan fingerprint density at radius 2 is 2.20 bits per heavy atom. The standard InChI is InChI=1S/C12H14ClFO/c1-8(3-6-12(13)15)10-4-5-11(14)9(2)7-10/h4-5,7-8H,3,6H2,1-2H3. The minimum absolute atomic E-state index is 0.195. The van der Waals surface area contributed by atoms with Crippen molar-refractivity contribution in [3.05, 3.63) is 35.1 Å². The van der Waals surface area contributed by atoms with Crippen molar-refractivity contribution in [2.75, 3.05) is 0 Å². The van der Waals surface area contributed by atoms with E-state index in [2.05, 4.69) is 0 Å². The van der Waals surface area contributed by atoms with E-state index in [4.69, 9.17) is 11.6 Å². The topological polar surface area (TPSA) is 17.1 Å². The van der Waals surface area contributed by atoms with Gasteiger partial charge in [-0.25, -0.2) is 4.39 Å². The summed E-state index contributed by atoms with van der Waals surface area (Å²) in [4.78, 5) is 10.6. The molecule has 0 bridgehead atoms. The molecule has 0 aliphatic rings. The van der Waals surface area contributed by atoms with Crippen molar-refractivity contribution in [1.82, 2.24) is 0 Å². The number of aryl methyl sites for hydroxylation is 1. The van der Waals surface area contributed by atoms with Crippen LogP contribution in [-0.4, -0.2) is 5.24 Å². The van der Waals surface area contributed by atoms with Crippen molar-refractivity contribution in [2.24, 2.45) is 0 Å². The molecular formula is C12H14ClFO. The molecule has 1 aromatic rings. The number of halogens is 2. The van der Waals surface area contributed by atoms with Crippen LogP contribution in [0.25, 0.3) is 0 Å². The average molecular weight is 229 g/mol. The molecule has 3 heteroatoms. The molecule has 0 fully saturated rings. The normalized spacial score (nSPS) is 12.5. The molecule has 0 N–H and O–H groups in total. The molecule has 1 nitrogen and oxygen atoms in total. The number of hydrogen-bond acceptors (Lipinski definition) is 1. The van der Waals surface area contributed by atoms with E-state index in [0.717, 1.165) is 5.56 Å². The maximum absolute atomic E-state index is 13.0. The molecule has 0 spiro atoms.